The van der Waals surface area contributed by atoms with Crippen LogP contribution in [0.3, 0.4) is 0 Å². The van der Waals surface area contributed by atoms with Gasteiger partial charge in [-0.05, 0) is 48.5 Å². The smallest absolute Gasteiger partial charge is 0.252 e. The lowest BCUT2D eigenvalue weighted by atomic mass is 10.2. The van der Waals surface area contributed by atoms with Crippen LogP contribution in [0.1, 0.15) is 16.1 Å². The first-order valence-corrected chi connectivity index (χ1v) is 10.9. The molecule has 0 fully saturated rings. The van der Waals surface area contributed by atoms with Gasteiger partial charge in [-0.2, -0.15) is 0 Å². The van der Waals surface area contributed by atoms with Crippen LogP contribution in [0.4, 0.5) is 5.69 Å². The molecule has 2 N–H and O–H groups in total. The molecular formula is C23H19ClN4O2S. The first kappa shape index (κ1) is 21.0. The molecule has 31 heavy (non-hydrogen) atoms. The van der Waals surface area contributed by atoms with Crippen LogP contribution in [0.2, 0.25) is 5.02 Å². The molecule has 4 rings (SSSR count). The molecule has 0 aliphatic carbocycles. The van der Waals surface area contributed by atoms with E-state index in [0.717, 1.165) is 16.2 Å². The number of rotatable bonds is 7. The van der Waals surface area contributed by atoms with E-state index in [-0.39, 0.29) is 18.4 Å². The van der Waals surface area contributed by atoms with Gasteiger partial charge in [-0.25, -0.2) is 4.98 Å². The number of hydrogen-bond donors (Lipinski definition) is 2. The summed E-state index contributed by atoms with van der Waals surface area (Å²) >= 11 is 7.37. The minimum Gasteiger partial charge on any atom is -0.343 e. The van der Waals surface area contributed by atoms with Crippen LogP contribution in [-0.2, 0) is 10.5 Å². The topological polar surface area (TPSA) is 75.5 Å². The summed E-state index contributed by atoms with van der Waals surface area (Å²) in [5.74, 6) is 0.0121. The van der Waals surface area contributed by atoms with Gasteiger partial charge in [-0.15, -0.1) is 11.8 Å². The molecule has 0 aliphatic rings. The molecule has 0 atom stereocenters. The van der Waals surface area contributed by atoms with Crippen LogP contribution in [-0.4, -0.2) is 27.7 Å². The maximum Gasteiger partial charge on any atom is 0.252 e. The Hall–Kier alpha value is -3.29. The minimum absolute atomic E-state index is 0.132. The average Bonchev–Trinajstić information content (AvgIpc) is 3.21. The van der Waals surface area contributed by atoms with E-state index < -0.39 is 0 Å². The highest BCUT2D eigenvalue weighted by atomic mass is 35.5. The summed E-state index contributed by atoms with van der Waals surface area (Å²) in [6, 6.07) is 20.0. The quantitative estimate of drug-likeness (QED) is 0.402. The zero-order chi connectivity index (χ0) is 21.6. The van der Waals surface area contributed by atoms with Crippen molar-refractivity contribution in [3.8, 4) is 0 Å². The number of nitrogens with zero attached hydrogens (tertiary/aromatic N) is 2. The molecule has 0 unspecified atom stereocenters. The number of carbonyl (C=O) groups excluding carboxylic acids is 2. The number of benzene rings is 2. The largest absolute Gasteiger partial charge is 0.343 e. The second-order valence-corrected chi connectivity index (χ2v) is 8.17. The zero-order valence-corrected chi connectivity index (χ0v) is 18.0. The number of thioether (sulfide) groups is 1. The molecule has 0 radical (unpaired) electrons. The second kappa shape index (κ2) is 9.68. The molecule has 8 heteroatoms. The third kappa shape index (κ3) is 5.45. The van der Waals surface area contributed by atoms with Crippen LogP contribution in [0.5, 0.6) is 0 Å². The number of anilines is 1. The monoisotopic (exact) mass is 450 g/mol. The molecule has 0 bridgehead atoms. The average molecular weight is 451 g/mol. The highest BCUT2D eigenvalue weighted by Gasteiger charge is 2.13. The number of nitrogens with one attached hydrogen (secondary N) is 2. The van der Waals surface area contributed by atoms with Crippen molar-refractivity contribution in [2.24, 2.45) is 0 Å². The molecule has 4 aromatic rings. The van der Waals surface area contributed by atoms with Crippen molar-refractivity contribution in [3.63, 3.8) is 0 Å². The van der Waals surface area contributed by atoms with Crippen molar-refractivity contribution >= 4 is 46.5 Å². The predicted molar refractivity (Wildman–Crippen MR) is 124 cm³/mol. The van der Waals surface area contributed by atoms with Crippen molar-refractivity contribution < 1.29 is 9.59 Å². The molecule has 0 saturated heterocycles. The number of hydrogen-bond acceptors (Lipinski definition) is 4. The van der Waals surface area contributed by atoms with Gasteiger partial charge in [-0.1, -0.05) is 29.8 Å². The van der Waals surface area contributed by atoms with Crippen molar-refractivity contribution in [2.45, 2.75) is 10.6 Å². The summed E-state index contributed by atoms with van der Waals surface area (Å²) in [6.07, 6.45) is 3.93. The van der Waals surface area contributed by atoms with Crippen LogP contribution in [0.15, 0.2) is 84.0 Å². The summed E-state index contributed by atoms with van der Waals surface area (Å²) in [6.45, 7) is -0.132. The van der Waals surface area contributed by atoms with Crippen molar-refractivity contribution in [1.29, 1.82) is 0 Å². The van der Waals surface area contributed by atoms with Crippen LogP contribution < -0.4 is 10.6 Å². The summed E-state index contributed by atoms with van der Waals surface area (Å²) in [7, 11) is 0. The number of fused-ring (bicyclic) bond motifs is 1. The van der Waals surface area contributed by atoms with E-state index in [0.29, 0.717) is 22.0 Å². The van der Waals surface area contributed by atoms with Gasteiger partial charge in [0.15, 0.2) is 0 Å². The van der Waals surface area contributed by atoms with E-state index in [1.165, 1.54) is 11.8 Å². The molecule has 156 valence electrons. The van der Waals surface area contributed by atoms with Gasteiger partial charge < -0.3 is 15.0 Å². The number of pyridine rings is 1. The fourth-order valence-corrected chi connectivity index (χ4v) is 4.04. The minimum atomic E-state index is -0.314. The molecule has 6 nitrogen and oxygen atoms in total. The first-order chi connectivity index (χ1) is 15.1. The first-order valence-electron chi connectivity index (χ1n) is 9.56. The Morgan fingerprint density at radius 2 is 1.77 bits per heavy atom. The van der Waals surface area contributed by atoms with E-state index in [4.69, 9.17) is 11.6 Å². The molecule has 2 heterocycles. The maximum atomic E-state index is 12.7. The van der Waals surface area contributed by atoms with Gasteiger partial charge in [0.05, 0.1) is 17.8 Å². The van der Waals surface area contributed by atoms with Crippen molar-refractivity contribution in [2.75, 3.05) is 11.9 Å². The Kier molecular flexibility index (Phi) is 6.54. The summed E-state index contributed by atoms with van der Waals surface area (Å²) in [5, 5.41) is 5.99. The summed E-state index contributed by atoms with van der Waals surface area (Å²) < 4.78 is 1.97. The Balaban J connectivity index is 1.36. The normalized spacial score (nSPS) is 10.7. The number of amides is 2. The Bertz CT molecular complexity index is 1190. The SMILES string of the molecule is O=C(CNC(=O)c1ccccc1SCc1cn2ccccc2n1)Nc1ccc(Cl)cc1. The Labute approximate surface area is 188 Å². The molecule has 0 aliphatic heterocycles. The van der Waals surface area contributed by atoms with Crippen LogP contribution in [0.25, 0.3) is 5.65 Å². The lowest BCUT2D eigenvalue weighted by molar-refractivity contribution is -0.115. The third-order valence-electron chi connectivity index (χ3n) is 4.46. The predicted octanol–water partition coefficient (Wildman–Crippen LogP) is 4.65. The molecule has 0 spiro atoms. The highest BCUT2D eigenvalue weighted by molar-refractivity contribution is 7.98. The maximum absolute atomic E-state index is 12.7. The standard InChI is InChI=1S/C23H19ClN4O2S/c24-16-8-10-17(11-9-16)27-22(29)13-25-23(30)19-5-1-2-6-20(19)31-15-18-14-28-12-4-3-7-21(28)26-18/h1-12,14H,13,15H2,(H,25,30)(H,27,29). The molecular weight excluding hydrogens is 432 g/mol. The number of carbonyl (C=O) groups is 2. The van der Waals surface area contributed by atoms with E-state index in [1.807, 2.05) is 47.1 Å². The van der Waals surface area contributed by atoms with E-state index in [1.54, 1.807) is 36.4 Å². The lowest BCUT2D eigenvalue weighted by Gasteiger charge is -2.10. The van der Waals surface area contributed by atoms with Crippen molar-refractivity contribution in [1.82, 2.24) is 14.7 Å². The molecule has 2 amide bonds. The number of halogens is 1. The van der Waals surface area contributed by atoms with Crippen LogP contribution >= 0.6 is 23.4 Å². The lowest BCUT2D eigenvalue weighted by Crippen LogP contribution is -2.33. The molecule has 0 saturated carbocycles. The Morgan fingerprint density at radius 1 is 1.00 bits per heavy atom. The van der Waals surface area contributed by atoms with Crippen molar-refractivity contribution in [3.05, 3.63) is 95.4 Å². The number of imidazole rings is 1. The molecule has 2 aromatic heterocycles. The second-order valence-electron chi connectivity index (χ2n) is 6.72. The van der Waals surface area contributed by atoms with E-state index >= 15 is 0 Å². The van der Waals surface area contributed by atoms with Gasteiger partial charge in [0, 0.05) is 33.8 Å². The van der Waals surface area contributed by atoms with Gasteiger partial charge in [0.1, 0.15) is 5.65 Å². The summed E-state index contributed by atoms with van der Waals surface area (Å²) in [4.78, 5) is 30.2. The van der Waals surface area contributed by atoms with E-state index in [9.17, 15) is 9.59 Å². The van der Waals surface area contributed by atoms with E-state index in [2.05, 4.69) is 15.6 Å². The van der Waals surface area contributed by atoms with Gasteiger partial charge in [0.25, 0.3) is 5.91 Å². The Morgan fingerprint density at radius 3 is 2.58 bits per heavy atom. The highest BCUT2D eigenvalue weighted by Crippen LogP contribution is 2.26. The van der Waals surface area contributed by atoms with Crippen LogP contribution in [0, 0.1) is 0 Å². The number of aromatic nitrogens is 2. The van der Waals surface area contributed by atoms with Gasteiger partial charge in [0.2, 0.25) is 5.91 Å². The van der Waals surface area contributed by atoms with Gasteiger partial charge >= 0.3 is 0 Å². The van der Waals surface area contributed by atoms with Gasteiger partial charge in [-0.3, -0.25) is 9.59 Å². The molecule has 2 aromatic carbocycles. The third-order valence-corrected chi connectivity index (χ3v) is 5.82. The fraction of sp³-hybridized carbons (Fsp3) is 0.0870. The fourth-order valence-electron chi connectivity index (χ4n) is 2.98. The zero-order valence-electron chi connectivity index (χ0n) is 16.4. The summed E-state index contributed by atoms with van der Waals surface area (Å²) in [5.41, 5.74) is 2.95.